The summed E-state index contributed by atoms with van der Waals surface area (Å²) in [5.41, 5.74) is 5.89. The number of rotatable bonds is 4. The Morgan fingerprint density at radius 3 is 3.13 bits per heavy atom. The Balaban J connectivity index is 2.17. The first kappa shape index (κ1) is 10.3. The molecule has 2 rings (SSSR count). The van der Waals surface area contributed by atoms with E-state index in [1.807, 2.05) is 17.5 Å². The van der Waals surface area contributed by atoms with Gasteiger partial charge in [-0.15, -0.1) is 11.3 Å². The summed E-state index contributed by atoms with van der Waals surface area (Å²) in [4.78, 5) is 5.26. The zero-order valence-corrected chi connectivity index (χ0v) is 9.33. The van der Waals surface area contributed by atoms with E-state index in [1.165, 1.54) is 0 Å². The highest BCUT2D eigenvalue weighted by atomic mass is 32.1. The highest BCUT2D eigenvalue weighted by molar-refractivity contribution is 7.13. The van der Waals surface area contributed by atoms with Crippen LogP contribution in [0.1, 0.15) is 31.6 Å². The summed E-state index contributed by atoms with van der Waals surface area (Å²) in [6.45, 7) is 2.08. The summed E-state index contributed by atoms with van der Waals surface area (Å²) in [6, 6.07) is 3.79. The van der Waals surface area contributed by atoms with Crippen molar-refractivity contribution in [2.45, 2.75) is 25.8 Å². The van der Waals surface area contributed by atoms with Crippen LogP contribution < -0.4 is 5.73 Å². The standard InChI is InChI=1S/C10H13N3OS/c1-2-4-7(11)9-12-10(14-13-9)8-5-3-6-15-8/h3,5-7H,2,4,11H2,1H3. The number of hydrogen-bond acceptors (Lipinski definition) is 5. The van der Waals surface area contributed by atoms with Crippen LogP contribution in [0.4, 0.5) is 0 Å². The van der Waals surface area contributed by atoms with Crippen molar-refractivity contribution in [3.05, 3.63) is 23.3 Å². The van der Waals surface area contributed by atoms with Crippen LogP contribution in [0.2, 0.25) is 0 Å². The smallest absolute Gasteiger partial charge is 0.268 e. The fourth-order valence-corrected chi connectivity index (χ4v) is 1.97. The van der Waals surface area contributed by atoms with E-state index in [1.54, 1.807) is 11.3 Å². The van der Waals surface area contributed by atoms with Crippen LogP contribution in [-0.4, -0.2) is 10.1 Å². The van der Waals surface area contributed by atoms with Crippen molar-refractivity contribution in [2.75, 3.05) is 0 Å². The molecule has 0 amide bonds. The SMILES string of the molecule is CCCC(N)c1noc(-c2cccs2)n1. The van der Waals surface area contributed by atoms with E-state index in [2.05, 4.69) is 17.1 Å². The van der Waals surface area contributed by atoms with Crippen LogP contribution in [0.3, 0.4) is 0 Å². The molecule has 1 atom stereocenters. The molecule has 2 N–H and O–H groups in total. The van der Waals surface area contributed by atoms with Gasteiger partial charge in [-0.2, -0.15) is 4.98 Å². The van der Waals surface area contributed by atoms with Gasteiger partial charge in [-0.3, -0.25) is 0 Å². The minimum atomic E-state index is -0.118. The summed E-state index contributed by atoms with van der Waals surface area (Å²) in [5, 5.41) is 5.86. The average Bonchev–Trinajstić information content (AvgIpc) is 2.89. The van der Waals surface area contributed by atoms with Gasteiger partial charge in [-0.1, -0.05) is 24.6 Å². The lowest BCUT2D eigenvalue weighted by atomic mass is 10.2. The van der Waals surface area contributed by atoms with Gasteiger partial charge in [0.1, 0.15) is 0 Å². The molecule has 0 saturated carbocycles. The van der Waals surface area contributed by atoms with Gasteiger partial charge in [0.25, 0.3) is 5.89 Å². The van der Waals surface area contributed by atoms with Crippen molar-refractivity contribution in [1.29, 1.82) is 0 Å². The van der Waals surface area contributed by atoms with E-state index in [4.69, 9.17) is 10.3 Å². The van der Waals surface area contributed by atoms with Crippen LogP contribution >= 0.6 is 11.3 Å². The van der Waals surface area contributed by atoms with Gasteiger partial charge in [0.05, 0.1) is 10.9 Å². The first-order valence-corrected chi connectivity index (χ1v) is 5.82. The highest BCUT2D eigenvalue weighted by Gasteiger charge is 2.14. The van der Waals surface area contributed by atoms with Crippen molar-refractivity contribution >= 4 is 11.3 Å². The maximum absolute atomic E-state index is 5.89. The van der Waals surface area contributed by atoms with Crippen LogP contribution in [0.25, 0.3) is 10.8 Å². The maximum Gasteiger partial charge on any atom is 0.268 e. The minimum absolute atomic E-state index is 0.118. The third-order valence-electron chi connectivity index (χ3n) is 2.11. The Bertz CT molecular complexity index is 410. The molecule has 0 radical (unpaired) electrons. The van der Waals surface area contributed by atoms with Gasteiger partial charge >= 0.3 is 0 Å². The second kappa shape index (κ2) is 4.55. The van der Waals surface area contributed by atoms with E-state index in [0.29, 0.717) is 11.7 Å². The Morgan fingerprint density at radius 1 is 1.60 bits per heavy atom. The quantitative estimate of drug-likeness (QED) is 0.865. The lowest BCUT2D eigenvalue weighted by Gasteiger charge is -2.02. The van der Waals surface area contributed by atoms with Crippen LogP contribution in [-0.2, 0) is 0 Å². The molecule has 4 nitrogen and oxygen atoms in total. The largest absolute Gasteiger partial charge is 0.333 e. The molecule has 0 fully saturated rings. The molecule has 0 bridgehead atoms. The van der Waals surface area contributed by atoms with Crippen LogP contribution in [0, 0.1) is 0 Å². The molecule has 0 aliphatic heterocycles. The van der Waals surface area contributed by atoms with E-state index in [9.17, 15) is 0 Å². The topological polar surface area (TPSA) is 64.9 Å². The molecule has 1 unspecified atom stereocenters. The number of nitrogens with zero attached hydrogens (tertiary/aromatic N) is 2. The average molecular weight is 223 g/mol. The Hall–Kier alpha value is -1.20. The summed E-state index contributed by atoms with van der Waals surface area (Å²) in [7, 11) is 0. The fraction of sp³-hybridized carbons (Fsp3) is 0.400. The summed E-state index contributed by atoms with van der Waals surface area (Å²) in [6.07, 6.45) is 1.90. The zero-order chi connectivity index (χ0) is 10.7. The number of aromatic nitrogens is 2. The van der Waals surface area contributed by atoms with E-state index >= 15 is 0 Å². The molecule has 0 spiro atoms. The Labute approximate surface area is 92.1 Å². The van der Waals surface area contributed by atoms with Gasteiger partial charge < -0.3 is 10.3 Å². The van der Waals surface area contributed by atoms with Crippen molar-refractivity contribution in [3.8, 4) is 10.8 Å². The Morgan fingerprint density at radius 2 is 2.47 bits per heavy atom. The van der Waals surface area contributed by atoms with Crippen LogP contribution in [0.15, 0.2) is 22.0 Å². The predicted octanol–water partition coefficient (Wildman–Crippen LogP) is 2.60. The van der Waals surface area contributed by atoms with Gasteiger partial charge in [-0.05, 0) is 17.9 Å². The minimum Gasteiger partial charge on any atom is -0.333 e. The molecular weight excluding hydrogens is 210 g/mol. The first-order chi connectivity index (χ1) is 7.31. The molecule has 2 aromatic rings. The van der Waals surface area contributed by atoms with Crippen molar-refractivity contribution in [1.82, 2.24) is 10.1 Å². The molecule has 0 saturated heterocycles. The lowest BCUT2D eigenvalue weighted by molar-refractivity contribution is 0.414. The molecule has 80 valence electrons. The summed E-state index contributed by atoms with van der Waals surface area (Å²) < 4.78 is 5.15. The van der Waals surface area contributed by atoms with E-state index in [-0.39, 0.29) is 6.04 Å². The van der Waals surface area contributed by atoms with Crippen molar-refractivity contribution in [3.63, 3.8) is 0 Å². The van der Waals surface area contributed by atoms with E-state index < -0.39 is 0 Å². The van der Waals surface area contributed by atoms with Crippen molar-refractivity contribution in [2.24, 2.45) is 5.73 Å². The molecule has 15 heavy (non-hydrogen) atoms. The maximum atomic E-state index is 5.89. The van der Waals surface area contributed by atoms with Gasteiger partial charge in [0.2, 0.25) is 0 Å². The lowest BCUT2D eigenvalue weighted by Crippen LogP contribution is -2.11. The molecular formula is C10H13N3OS. The number of hydrogen-bond donors (Lipinski definition) is 1. The predicted molar refractivity (Wildman–Crippen MR) is 59.4 cm³/mol. The summed E-state index contributed by atoms with van der Waals surface area (Å²) >= 11 is 1.58. The molecule has 5 heteroatoms. The molecule has 0 aliphatic rings. The zero-order valence-electron chi connectivity index (χ0n) is 8.51. The van der Waals surface area contributed by atoms with Gasteiger partial charge in [0.15, 0.2) is 5.82 Å². The Kier molecular flexibility index (Phi) is 3.13. The van der Waals surface area contributed by atoms with Gasteiger partial charge in [-0.25, -0.2) is 0 Å². The monoisotopic (exact) mass is 223 g/mol. The number of thiophene rings is 1. The second-order valence-corrected chi connectivity index (χ2v) is 4.28. The second-order valence-electron chi connectivity index (χ2n) is 3.33. The fourth-order valence-electron chi connectivity index (χ4n) is 1.33. The molecule has 2 heterocycles. The third-order valence-corrected chi connectivity index (χ3v) is 2.96. The van der Waals surface area contributed by atoms with Crippen LogP contribution in [0.5, 0.6) is 0 Å². The van der Waals surface area contributed by atoms with Gasteiger partial charge in [0, 0.05) is 0 Å². The first-order valence-electron chi connectivity index (χ1n) is 4.94. The number of nitrogens with two attached hydrogens (primary N) is 1. The normalized spacial score (nSPS) is 12.9. The third kappa shape index (κ3) is 2.24. The molecule has 0 aromatic carbocycles. The summed E-state index contributed by atoms with van der Waals surface area (Å²) in [5.74, 6) is 1.16. The molecule has 2 aromatic heterocycles. The van der Waals surface area contributed by atoms with E-state index in [0.717, 1.165) is 17.7 Å². The van der Waals surface area contributed by atoms with Crippen molar-refractivity contribution < 1.29 is 4.52 Å². The highest BCUT2D eigenvalue weighted by Crippen LogP contribution is 2.24. The molecule has 0 aliphatic carbocycles.